The van der Waals surface area contributed by atoms with Gasteiger partial charge in [-0.2, -0.15) is 5.12 Å². The van der Waals surface area contributed by atoms with Crippen LogP contribution in [0.1, 0.15) is 122 Å². The molecule has 1 aliphatic carbocycles. The normalized spacial score (nSPS) is 25.3. The summed E-state index contributed by atoms with van der Waals surface area (Å²) in [5.74, 6) is 0. The van der Waals surface area contributed by atoms with Crippen molar-refractivity contribution in [2.45, 2.75) is 129 Å². The zero-order chi connectivity index (χ0) is 18.3. The van der Waals surface area contributed by atoms with Gasteiger partial charge in [-0.05, 0) is 32.1 Å². The second-order valence-corrected chi connectivity index (χ2v) is 8.73. The first-order chi connectivity index (χ1) is 12.9. The van der Waals surface area contributed by atoms with E-state index in [1.807, 2.05) is 0 Å². The maximum atomic E-state index is 3.79. The first-order valence-corrected chi connectivity index (χ1v) is 12.2. The van der Waals surface area contributed by atoms with Gasteiger partial charge in [0.15, 0.2) is 0 Å². The minimum absolute atomic E-state index is 0.762. The van der Waals surface area contributed by atoms with Crippen LogP contribution in [0, 0.1) is 0 Å². The van der Waals surface area contributed by atoms with E-state index in [1.165, 1.54) is 129 Å². The Morgan fingerprint density at radius 2 is 1.08 bits per heavy atom. The maximum absolute atomic E-state index is 3.79. The highest BCUT2D eigenvalue weighted by Crippen LogP contribution is 2.23. The van der Waals surface area contributed by atoms with Crippen LogP contribution in [0.3, 0.4) is 0 Å². The Balaban J connectivity index is 2.02. The lowest BCUT2D eigenvalue weighted by Gasteiger charge is -2.41. The minimum atomic E-state index is 0.762. The number of nitrogens with zero attached hydrogens (tertiary/aromatic N) is 2. The van der Waals surface area contributed by atoms with E-state index in [-0.39, 0.29) is 0 Å². The lowest BCUT2D eigenvalue weighted by molar-refractivity contribution is -0.107. The van der Waals surface area contributed by atoms with Gasteiger partial charge in [-0.25, -0.2) is 10.4 Å². The van der Waals surface area contributed by atoms with Crippen molar-refractivity contribution in [1.82, 2.24) is 15.6 Å². The van der Waals surface area contributed by atoms with Crippen molar-refractivity contribution in [3.8, 4) is 0 Å². The first kappa shape index (κ1) is 22.2. The molecule has 154 valence electrons. The van der Waals surface area contributed by atoms with E-state index in [9.17, 15) is 0 Å². The number of hydrogen-bond donors (Lipinski definition) is 1. The third-order valence-corrected chi connectivity index (χ3v) is 6.36. The lowest BCUT2D eigenvalue weighted by atomic mass is 10.0. The van der Waals surface area contributed by atoms with Crippen molar-refractivity contribution in [2.75, 3.05) is 19.6 Å². The molecular weight excluding hydrogens is 318 g/mol. The van der Waals surface area contributed by atoms with Gasteiger partial charge >= 0.3 is 0 Å². The van der Waals surface area contributed by atoms with Crippen molar-refractivity contribution in [3.63, 3.8) is 0 Å². The molecule has 3 heteroatoms. The third-order valence-electron chi connectivity index (χ3n) is 6.36. The summed E-state index contributed by atoms with van der Waals surface area (Å²) in [4.78, 5) is 0. The van der Waals surface area contributed by atoms with E-state index in [0.29, 0.717) is 0 Å². The molecule has 1 saturated carbocycles. The van der Waals surface area contributed by atoms with Crippen LogP contribution in [-0.2, 0) is 0 Å². The molecular formula is C23H47N3. The van der Waals surface area contributed by atoms with Gasteiger partial charge in [0.2, 0.25) is 0 Å². The smallest absolute Gasteiger partial charge is 0.0290 e. The molecule has 0 bridgehead atoms. The molecule has 0 amide bonds. The van der Waals surface area contributed by atoms with Gasteiger partial charge in [-0.1, -0.05) is 90.4 Å². The summed E-state index contributed by atoms with van der Waals surface area (Å²) in [5, 5.41) is 5.36. The summed E-state index contributed by atoms with van der Waals surface area (Å²) in [6, 6.07) is 0.762. The van der Waals surface area contributed by atoms with Crippen LogP contribution in [0.5, 0.6) is 0 Å². The molecule has 0 radical (unpaired) electrons. The predicted molar refractivity (Wildman–Crippen MR) is 114 cm³/mol. The fourth-order valence-electron chi connectivity index (χ4n) is 4.72. The Bertz CT molecular complexity index is 309. The number of hydrazine groups is 2. The predicted octanol–water partition coefficient (Wildman–Crippen LogP) is 6.45. The maximum Gasteiger partial charge on any atom is 0.0290 e. The Morgan fingerprint density at radius 3 is 1.62 bits per heavy atom. The second kappa shape index (κ2) is 14.9. The molecule has 0 unspecified atom stereocenters. The van der Waals surface area contributed by atoms with Gasteiger partial charge in [0.25, 0.3) is 0 Å². The molecule has 0 atom stereocenters. The summed E-state index contributed by atoms with van der Waals surface area (Å²) in [7, 11) is 0. The molecule has 1 saturated heterocycles. The van der Waals surface area contributed by atoms with Gasteiger partial charge in [-0.15, -0.1) is 0 Å². The average molecular weight is 366 g/mol. The van der Waals surface area contributed by atoms with Gasteiger partial charge in [0.05, 0.1) is 0 Å². The standard InChI is InChI=1S/C23H47N3/c1-2-20-24-26-22-17-13-9-5-8-12-16-21-25(26)23-18-14-10-6-3-4-7-11-15-19-23/h23-24H,2-22H2,1H3. The molecule has 2 rings (SSSR count). The molecule has 2 fully saturated rings. The minimum Gasteiger partial charge on any atom is -0.241 e. The van der Waals surface area contributed by atoms with E-state index >= 15 is 0 Å². The van der Waals surface area contributed by atoms with Crippen molar-refractivity contribution in [1.29, 1.82) is 0 Å². The van der Waals surface area contributed by atoms with Crippen LogP contribution < -0.4 is 5.43 Å². The highest BCUT2D eigenvalue weighted by atomic mass is 15.8. The van der Waals surface area contributed by atoms with Gasteiger partial charge < -0.3 is 0 Å². The van der Waals surface area contributed by atoms with E-state index in [2.05, 4.69) is 22.5 Å². The van der Waals surface area contributed by atoms with Crippen molar-refractivity contribution in [2.24, 2.45) is 0 Å². The largest absolute Gasteiger partial charge is 0.241 e. The van der Waals surface area contributed by atoms with Crippen molar-refractivity contribution in [3.05, 3.63) is 0 Å². The summed E-state index contributed by atoms with van der Waals surface area (Å²) >= 11 is 0. The number of rotatable bonds is 4. The molecule has 0 aromatic carbocycles. The Morgan fingerprint density at radius 1 is 0.615 bits per heavy atom. The highest BCUT2D eigenvalue weighted by molar-refractivity contribution is 4.72. The van der Waals surface area contributed by atoms with Gasteiger partial charge in [0.1, 0.15) is 0 Å². The topological polar surface area (TPSA) is 18.5 Å². The van der Waals surface area contributed by atoms with E-state index in [0.717, 1.165) is 12.6 Å². The van der Waals surface area contributed by atoms with Gasteiger partial charge in [0, 0.05) is 25.7 Å². The monoisotopic (exact) mass is 365 g/mol. The second-order valence-electron chi connectivity index (χ2n) is 8.73. The Labute approximate surface area is 164 Å². The summed E-state index contributed by atoms with van der Waals surface area (Å²) in [6.07, 6.45) is 25.5. The van der Waals surface area contributed by atoms with E-state index in [1.54, 1.807) is 0 Å². The third kappa shape index (κ3) is 9.19. The molecule has 3 nitrogen and oxygen atoms in total. The quantitative estimate of drug-likeness (QED) is 0.618. The van der Waals surface area contributed by atoms with E-state index in [4.69, 9.17) is 0 Å². The Kier molecular flexibility index (Phi) is 12.7. The van der Waals surface area contributed by atoms with Crippen LogP contribution in [0.25, 0.3) is 0 Å². The molecule has 1 N–H and O–H groups in total. The zero-order valence-corrected chi connectivity index (χ0v) is 17.8. The number of hydrogen-bond acceptors (Lipinski definition) is 3. The molecule has 0 aromatic rings. The fraction of sp³-hybridized carbons (Fsp3) is 1.00. The SMILES string of the molecule is CCCNN1CCCCCCCCCN1C1CCCCCCCCCC1. The van der Waals surface area contributed by atoms with E-state index < -0.39 is 0 Å². The summed E-state index contributed by atoms with van der Waals surface area (Å²) in [6.45, 7) is 5.87. The van der Waals surface area contributed by atoms with Crippen molar-refractivity contribution >= 4 is 0 Å². The van der Waals surface area contributed by atoms with Crippen LogP contribution >= 0.6 is 0 Å². The first-order valence-electron chi connectivity index (χ1n) is 12.2. The molecule has 2 aliphatic rings. The summed E-state index contributed by atoms with van der Waals surface area (Å²) < 4.78 is 0. The zero-order valence-electron chi connectivity index (χ0n) is 17.8. The molecule has 1 heterocycles. The van der Waals surface area contributed by atoms with Crippen LogP contribution in [0.2, 0.25) is 0 Å². The Hall–Kier alpha value is -0.120. The molecule has 0 spiro atoms. The number of nitrogens with one attached hydrogen (secondary N) is 1. The average Bonchev–Trinajstić information content (AvgIpc) is 2.75. The molecule has 26 heavy (non-hydrogen) atoms. The molecule has 0 aromatic heterocycles. The van der Waals surface area contributed by atoms with Gasteiger partial charge in [-0.3, -0.25) is 0 Å². The molecule has 1 aliphatic heterocycles. The van der Waals surface area contributed by atoms with Crippen LogP contribution in [0.15, 0.2) is 0 Å². The van der Waals surface area contributed by atoms with Crippen LogP contribution in [-0.4, -0.2) is 35.8 Å². The fourth-order valence-corrected chi connectivity index (χ4v) is 4.72. The van der Waals surface area contributed by atoms with Crippen LogP contribution in [0.4, 0.5) is 0 Å². The lowest BCUT2D eigenvalue weighted by Crippen LogP contribution is -2.56. The summed E-state index contributed by atoms with van der Waals surface area (Å²) in [5.41, 5.74) is 3.79. The highest BCUT2D eigenvalue weighted by Gasteiger charge is 2.24. The van der Waals surface area contributed by atoms with Crippen molar-refractivity contribution < 1.29 is 0 Å².